The van der Waals surface area contributed by atoms with E-state index in [0.717, 1.165) is 12.8 Å². The molecule has 22 heavy (non-hydrogen) atoms. The van der Waals surface area contributed by atoms with E-state index in [4.69, 9.17) is 5.11 Å². The highest BCUT2D eigenvalue weighted by atomic mass is 16.4. The molecule has 114 valence electrons. The molecule has 0 aliphatic heterocycles. The van der Waals surface area contributed by atoms with Crippen LogP contribution in [0.2, 0.25) is 0 Å². The first kappa shape index (κ1) is 14.2. The van der Waals surface area contributed by atoms with Crippen LogP contribution >= 0.6 is 0 Å². The third kappa shape index (κ3) is 2.67. The Balaban J connectivity index is 1.83. The number of carboxylic acid groups (broad SMARTS) is 1. The molecule has 1 amide bonds. The van der Waals surface area contributed by atoms with Crippen LogP contribution in [0.5, 0.6) is 0 Å². The number of hydrogen-bond acceptors (Lipinski definition) is 5. The molecule has 2 heterocycles. The predicted octanol–water partition coefficient (Wildman–Crippen LogP) is 0.740. The van der Waals surface area contributed by atoms with E-state index in [1.165, 1.54) is 35.4 Å². The first-order chi connectivity index (χ1) is 10.6. The van der Waals surface area contributed by atoms with E-state index in [1.807, 2.05) is 0 Å². The van der Waals surface area contributed by atoms with Gasteiger partial charge in [-0.2, -0.15) is 5.10 Å². The summed E-state index contributed by atoms with van der Waals surface area (Å²) in [7, 11) is 0. The number of aromatic nitrogens is 4. The third-order valence-electron chi connectivity index (χ3n) is 3.60. The molecule has 1 aliphatic rings. The van der Waals surface area contributed by atoms with Gasteiger partial charge in [-0.3, -0.25) is 4.79 Å². The molecule has 1 aliphatic carbocycles. The maximum Gasteiger partial charge on any atom is 0.326 e. The van der Waals surface area contributed by atoms with Gasteiger partial charge in [0, 0.05) is 12.2 Å². The first-order valence-electron chi connectivity index (χ1n) is 6.94. The smallest absolute Gasteiger partial charge is 0.326 e. The lowest BCUT2D eigenvalue weighted by atomic mass is 10.2. The average Bonchev–Trinajstić information content (AvgIpc) is 3.19. The van der Waals surface area contributed by atoms with Crippen LogP contribution < -0.4 is 0 Å². The maximum absolute atomic E-state index is 12.6. The molecule has 1 atom stereocenters. The molecule has 3 rings (SSSR count). The Hall–Kier alpha value is -2.77. The summed E-state index contributed by atoms with van der Waals surface area (Å²) in [4.78, 5) is 33.2. The summed E-state index contributed by atoms with van der Waals surface area (Å²) in [6.45, 7) is 1.52. The lowest BCUT2D eigenvalue weighted by molar-refractivity contribution is -0.141. The highest BCUT2D eigenvalue weighted by Gasteiger charge is 2.38. The highest BCUT2D eigenvalue weighted by Crippen LogP contribution is 2.30. The summed E-state index contributed by atoms with van der Waals surface area (Å²) in [5, 5.41) is 13.1. The fourth-order valence-corrected chi connectivity index (χ4v) is 2.25. The van der Waals surface area contributed by atoms with Crippen LogP contribution in [0, 0.1) is 0 Å². The molecule has 8 heteroatoms. The van der Waals surface area contributed by atoms with Crippen molar-refractivity contribution in [3.05, 3.63) is 36.5 Å². The topological polar surface area (TPSA) is 101 Å². The Morgan fingerprint density at radius 3 is 2.68 bits per heavy atom. The second kappa shape index (κ2) is 5.55. The van der Waals surface area contributed by atoms with Gasteiger partial charge in [-0.1, -0.05) is 0 Å². The zero-order valence-corrected chi connectivity index (χ0v) is 12.0. The fourth-order valence-electron chi connectivity index (χ4n) is 2.25. The molecule has 2 aromatic rings. The summed E-state index contributed by atoms with van der Waals surface area (Å²) >= 11 is 0. The van der Waals surface area contributed by atoms with Crippen molar-refractivity contribution in [2.45, 2.75) is 31.8 Å². The van der Waals surface area contributed by atoms with Crippen molar-refractivity contribution in [3.8, 4) is 5.82 Å². The van der Waals surface area contributed by atoms with Gasteiger partial charge < -0.3 is 10.0 Å². The second-order valence-corrected chi connectivity index (χ2v) is 5.20. The van der Waals surface area contributed by atoms with Gasteiger partial charge in [0.1, 0.15) is 18.7 Å². The molecule has 8 nitrogen and oxygen atoms in total. The quantitative estimate of drug-likeness (QED) is 0.874. The zero-order valence-electron chi connectivity index (χ0n) is 12.0. The molecule has 1 saturated carbocycles. The highest BCUT2D eigenvalue weighted by molar-refractivity contribution is 5.96. The molecule has 2 aromatic heterocycles. The van der Waals surface area contributed by atoms with E-state index in [0.29, 0.717) is 11.4 Å². The van der Waals surface area contributed by atoms with Crippen LogP contribution in [0.25, 0.3) is 5.82 Å². The van der Waals surface area contributed by atoms with E-state index in [-0.39, 0.29) is 11.9 Å². The van der Waals surface area contributed by atoms with Crippen molar-refractivity contribution >= 4 is 11.9 Å². The Kier molecular flexibility index (Phi) is 3.58. The summed E-state index contributed by atoms with van der Waals surface area (Å²) in [5.74, 6) is -0.777. The van der Waals surface area contributed by atoms with Crippen molar-refractivity contribution in [3.63, 3.8) is 0 Å². The van der Waals surface area contributed by atoms with Gasteiger partial charge in [-0.15, -0.1) is 0 Å². The number of carbonyl (C=O) groups excluding carboxylic acids is 1. The number of pyridine rings is 1. The fraction of sp³-hybridized carbons (Fsp3) is 0.357. The molecular formula is C14H15N5O3. The van der Waals surface area contributed by atoms with Crippen LogP contribution in [0.3, 0.4) is 0 Å². The molecule has 0 aromatic carbocycles. The lowest BCUT2D eigenvalue weighted by Crippen LogP contribution is -2.44. The number of rotatable bonds is 5. The number of carboxylic acids is 1. The normalized spacial score (nSPS) is 15.3. The van der Waals surface area contributed by atoms with Crippen LogP contribution in [0.15, 0.2) is 31.0 Å². The van der Waals surface area contributed by atoms with E-state index < -0.39 is 12.0 Å². The molecule has 1 unspecified atom stereocenters. The Morgan fingerprint density at radius 2 is 2.18 bits per heavy atom. The lowest BCUT2D eigenvalue weighted by Gasteiger charge is -2.26. The van der Waals surface area contributed by atoms with Gasteiger partial charge in [0.2, 0.25) is 0 Å². The van der Waals surface area contributed by atoms with E-state index in [2.05, 4.69) is 15.1 Å². The van der Waals surface area contributed by atoms with Crippen LogP contribution in [0.4, 0.5) is 0 Å². The van der Waals surface area contributed by atoms with Gasteiger partial charge in [0.15, 0.2) is 5.82 Å². The van der Waals surface area contributed by atoms with Gasteiger partial charge in [-0.25, -0.2) is 19.4 Å². The summed E-state index contributed by atoms with van der Waals surface area (Å²) < 4.78 is 1.48. The molecule has 0 saturated heterocycles. The van der Waals surface area contributed by atoms with E-state index >= 15 is 0 Å². The monoisotopic (exact) mass is 301 g/mol. The van der Waals surface area contributed by atoms with Crippen molar-refractivity contribution < 1.29 is 14.7 Å². The average molecular weight is 301 g/mol. The number of carbonyl (C=O) groups is 2. The Bertz CT molecular complexity index is 679. The second-order valence-electron chi connectivity index (χ2n) is 5.20. The summed E-state index contributed by atoms with van der Waals surface area (Å²) in [6, 6.07) is 2.43. The Labute approximate surface area is 126 Å². The minimum absolute atomic E-state index is 0.00796. The van der Waals surface area contributed by atoms with Crippen molar-refractivity contribution in [2.24, 2.45) is 0 Å². The number of amides is 1. The van der Waals surface area contributed by atoms with Crippen LogP contribution in [-0.2, 0) is 4.79 Å². The largest absolute Gasteiger partial charge is 0.480 e. The number of hydrogen-bond donors (Lipinski definition) is 1. The van der Waals surface area contributed by atoms with Gasteiger partial charge in [0.05, 0.1) is 5.56 Å². The maximum atomic E-state index is 12.6. The van der Waals surface area contributed by atoms with E-state index in [9.17, 15) is 9.59 Å². The molecule has 1 N–H and O–H groups in total. The third-order valence-corrected chi connectivity index (χ3v) is 3.60. The zero-order chi connectivity index (χ0) is 15.7. The minimum atomic E-state index is -1.01. The number of nitrogens with zero attached hydrogens (tertiary/aromatic N) is 5. The van der Waals surface area contributed by atoms with Gasteiger partial charge in [-0.05, 0) is 31.9 Å². The molecule has 1 fully saturated rings. The standard InChI is InChI=1S/C14H15N5O3/c1-9(14(21)22)19(11-3-4-11)13(20)10-2-5-12(16-6-10)18-8-15-7-17-18/h2,5-9,11H,3-4H2,1H3,(H,21,22). The first-order valence-corrected chi connectivity index (χ1v) is 6.94. The van der Waals surface area contributed by atoms with Gasteiger partial charge >= 0.3 is 5.97 Å². The van der Waals surface area contributed by atoms with Crippen molar-refractivity contribution in [2.75, 3.05) is 0 Å². The molecule has 0 radical (unpaired) electrons. The molecular weight excluding hydrogens is 286 g/mol. The Morgan fingerprint density at radius 1 is 1.41 bits per heavy atom. The minimum Gasteiger partial charge on any atom is -0.480 e. The van der Waals surface area contributed by atoms with Crippen LogP contribution in [0.1, 0.15) is 30.1 Å². The van der Waals surface area contributed by atoms with Crippen LogP contribution in [-0.4, -0.2) is 53.7 Å². The molecule has 0 spiro atoms. The van der Waals surface area contributed by atoms with E-state index in [1.54, 1.807) is 12.1 Å². The molecule has 0 bridgehead atoms. The SMILES string of the molecule is CC(C(=O)O)N(C(=O)c1ccc(-n2cncn2)nc1)C1CC1. The van der Waals surface area contributed by atoms with Gasteiger partial charge in [0.25, 0.3) is 5.91 Å². The predicted molar refractivity (Wildman–Crippen MR) is 75.4 cm³/mol. The summed E-state index contributed by atoms with van der Waals surface area (Å²) in [5.41, 5.74) is 0.365. The van der Waals surface area contributed by atoms with Crippen molar-refractivity contribution in [1.82, 2.24) is 24.6 Å². The van der Waals surface area contributed by atoms with Crippen molar-refractivity contribution in [1.29, 1.82) is 0 Å². The summed E-state index contributed by atoms with van der Waals surface area (Å²) in [6.07, 6.45) is 6.02. The number of aliphatic carboxylic acids is 1.